The van der Waals surface area contributed by atoms with E-state index in [9.17, 15) is 5.26 Å². The van der Waals surface area contributed by atoms with Crippen LogP contribution in [0.1, 0.15) is 11.1 Å². The zero-order chi connectivity index (χ0) is 14.9. The van der Waals surface area contributed by atoms with Gasteiger partial charge in [0.15, 0.2) is 0 Å². The second-order valence-electron chi connectivity index (χ2n) is 4.53. The van der Waals surface area contributed by atoms with Crippen molar-refractivity contribution in [3.8, 4) is 6.07 Å². The van der Waals surface area contributed by atoms with Crippen molar-refractivity contribution < 1.29 is 4.74 Å². The normalized spacial score (nSPS) is 10.3. The molecule has 0 saturated carbocycles. The summed E-state index contributed by atoms with van der Waals surface area (Å²) in [6.07, 6.45) is 0. The summed E-state index contributed by atoms with van der Waals surface area (Å²) in [6, 6.07) is 18.4. The Kier molecular flexibility index (Phi) is 6.29. The molecule has 4 heteroatoms. The van der Waals surface area contributed by atoms with Gasteiger partial charge in [-0.2, -0.15) is 5.26 Å². The van der Waals surface area contributed by atoms with Crippen LogP contribution in [0.5, 0.6) is 0 Å². The first-order valence-corrected chi connectivity index (χ1v) is 7.60. The number of hydrogen-bond donors (Lipinski definition) is 1. The molecule has 0 atom stereocenters. The van der Waals surface area contributed by atoms with Gasteiger partial charge < -0.3 is 10.1 Å². The Hall–Kier alpha value is -1.80. The molecule has 0 aliphatic heterocycles. The minimum Gasteiger partial charge on any atom is -0.383 e. The Bertz CT molecular complexity index is 608. The molecule has 0 heterocycles. The minimum atomic E-state index is 0.688. The van der Waals surface area contributed by atoms with E-state index in [1.165, 1.54) is 0 Å². The van der Waals surface area contributed by atoms with Crippen molar-refractivity contribution in [3.63, 3.8) is 0 Å². The third-order valence-electron chi connectivity index (χ3n) is 2.95. The van der Waals surface area contributed by atoms with Crippen LogP contribution in [-0.2, 0) is 11.3 Å². The molecular formula is C17H18N2OS. The van der Waals surface area contributed by atoms with E-state index in [4.69, 9.17) is 4.74 Å². The molecule has 0 aromatic heterocycles. The van der Waals surface area contributed by atoms with Crippen LogP contribution in [0.15, 0.2) is 58.3 Å². The first kappa shape index (κ1) is 15.6. The van der Waals surface area contributed by atoms with Crippen LogP contribution < -0.4 is 5.32 Å². The highest BCUT2D eigenvalue weighted by atomic mass is 32.2. The van der Waals surface area contributed by atoms with Crippen molar-refractivity contribution in [1.29, 1.82) is 5.26 Å². The quantitative estimate of drug-likeness (QED) is 0.795. The number of benzene rings is 2. The molecule has 108 valence electrons. The van der Waals surface area contributed by atoms with Gasteiger partial charge in [-0.05, 0) is 29.8 Å². The molecular weight excluding hydrogens is 280 g/mol. The van der Waals surface area contributed by atoms with Crippen molar-refractivity contribution >= 4 is 11.8 Å². The second-order valence-corrected chi connectivity index (χ2v) is 5.64. The van der Waals surface area contributed by atoms with E-state index < -0.39 is 0 Å². The zero-order valence-corrected chi connectivity index (χ0v) is 12.8. The topological polar surface area (TPSA) is 45.0 Å². The van der Waals surface area contributed by atoms with Crippen molar-refractivity contribution in [3.05, 3.63) is 59.7 Å². The molecule has 2 aromatic rings. The Morgan fingerprint density at radius 3 is 2.71 bits per heavy atom. The summed E-state index contributed by atoms with van der Waals surface area (Å²) in [5, 5.41) is 12.6. The van der Waals surface area contributed by atoms with Gasteiger partial charge in [0.25, 0.3) is 0 Å². The number of nitriles is 1. The Morgan fingerprint density at radius 1 is 1.19 bits per heavy atom. The van der Waals surface area contributed by atoms with Gasteiger partial charge in [0.1, 0.15) is 6.07 Å². The summed E-state index contributed by atoms with van der Waals surface area (Å²) in [7, 11) is 1.69. The van der Waals surface area contributed by atoms with Crippen LogP contribution in [0.3, 0.4) is 0 Å². The van der Waals surface area contributed by atoms with Crippen molar-refractivity contribution in [2.75, 3.05) is 20.3 Å². The lowest BCUT2D eigenvalue weighted by Gasteiger charge is -2.08. The highest BCUT2D eigenvalue weighted by Gasteiger charge is 2.05. The van der Waals surface area contributed by atoms with E-state index in [-0.39, 0.29) is 0 Å². The predicted octanol–water partition coefficient (Wildman–Crippen LogP) is 3.45. The largest absolute Gasteiger partial charge is 0.383 e. The third kappa shape index (κ3) is 4.91. The molecule has 0 fully saturated rings. The lowest BCUT2D eigenvalue weighted by Crippen LogP contribution is -2.18. The lowest BCUT2D eigenvalue weighted by atomic mass is 10.1. The molecule has 0 amide bonds. The Labute approximate surface area is 129 Å². The fourth-order valence-electron chi connectivity index (χ4n) is 1.89. The van der Waals surface area contributed by atoms with E-state index in [1.54, 1.807) is 18.9 Å². The highest BCUT2D eigenvalue weighted by molar-refractivity contribution is 7.99. The molecule has 2 rings (SSSR count). The van der Waals surface area contributed by atoms with E-state index in [2.05, 4.69) is 17.5 Å². The van der Waals surface area contributed by atoms with Crippen molar-refractivity contribution in [2.24, 2.45) is 0 Å². The zero-order valence-electron chi connectivity index (χ0n) is 12.0. The molecule has 0 aliphatic carbocycles. The summed E-state index contributed by atoms with van der Waals surface area (Å²) in [5.74, 6) is 0. The van der Waals surface area contributed by atoms with Gasteiger partial charge in [-0.25, -0.2) is 0 Å². The number of hydrogen-bond acceptors (Lipinski definition) is 4. The number of nitrogens with zero attached hydrogens (tertiary/aromatic N) is 1. The van der Waals surface area contributed by atoms with Gasteiger partial charge in [0, 0.05) is 30.0 Å². The fourth-order valence-corrected chi connectivity index (χ4v) is 2.78. The number of nitrogens with one attached hydrogen (secondary N) is 1. The molecule has 0 unspecified atom stereocenters. The van der Waals surface area contributed by atoms with Gasteiger partial charge in [-0.1, -0.05) is 36.0 Å². The van der Waals surface area contributed by atoms with Gasteiger partial charge in [0.05, 0.1) is 12.2 Å². The minimum absolute atomic E-state index is 0.688. The van der Waals surface area contributed by atoms with Gasteiger partial charge in [0.2, 0.25) is 0 Å². The lowest BCUT2D eigenvalue weighted by molar-refractivity contribution is 0.199. The highest BCUT2D eigenvalue weighted by Crippen LogP contribution is 2.30. The first-order valence-electron chi connectivity index (χ1n) is 6.79. The maximum absolute atomic E-state index is 9.33. The van der Waals surface area contributed by atoms with Crippen LogP contribution in [0.2, 0.25) is 0 Å². The number of rotatable bonds is 7. The average molecular weight is 298 g/mol. The first-order chi connectivity index (χ1) is 10.3. The van der Waals surface area contributed by atoms with Crippen LogP contribution in [0, 0.1) is 11.3 Å². The van der Waals surface area contributed by atoms with Crippen molar-refractivity contribution in [2.45, 2.75) is 16.3 Å². The average Bonchev–Trinajstić information content (AvgIpc) is 2.53. The maximum Gasteiger partial charge on any atom is 0.100 e. The van der Waals surface area contributed by atoms with Crippen molar-refractivity contribution in [1.82, 2.24) is 5.32 Å². The molecule has 0 saturated heterocycles. The molecule has 0 spiro atoms. The third-order valence-corrected chi connectivity index (χ3v) is 4.03. The van der Waals surface area contributed by atoms with E-state index >= 15 is 0 Å². The Morgan fingerprint density at radius 2 is 2.00 bits per heavy atom. The van der Waals surface area contributed by atoms with E-state index in [1.807, 2.05) is 42.5 Å². The van der Waals surface area contributed by atoms with E-state index in [0.717, 1.165) is 34.0 Å². The van der Waals surface area contributed by atoms with Crippen LogP contribution in [0.25, 0.3) is 0 Å². The fraction of sp³-hybridized carbons (Fsp3) is 0.235. The smallest absolute Gasteiger partial charge is 0.100 e. The van der Waals surface area contributed by atoms with Gasteiger partial charge in [-0.3, -0.25) is 0 Å². The molecule has 21 heavy (non-hydrogen) atoms. The standard InChI is InChI=1S/C17H18N2OS/c1-20-10-9-19-13-14-7-8-17(15(11-14)12-18)21-16-5-3-2-4-6-16/h2-8,11,19H,9-10,13H2,1H3. The summed E-state index contributed by atoms with van der Waals surface area (Å²) in [6.45, 7) is 2.24. The number of ether oxygens (including phenoxy) is 1. The molecule has 2 aromatic carbocycles. The summed E-state index contributed by atoms with van der Waals surface area (Å²) >= 11 is 1.62. The second kappa shape index (κ2) is 8.48. The Balaban J connectivity index is 2.05. The predicted molar refractivity (Wildman–Crippen MR) is 85.3 cm³/mol. The van der Waals surface area contributed by atoms with Gasteiger partial charge in [-0.15, -0.1) is 0 Å². The number of methoxy groups -OCH3 is 1. The summed E-state index contributed by atoms with van der Waals surface area (Å²) in [4.78, 5) is 2.13. The van der Waals surface area contributed by atoms with E-state index in [0.29, 0.717) is 6.61 Å². The van der Waals surface area contributed by atoms with Crippen LogP contribution in [0.4, 0.5) is 0 Å². The SMILES string of the molecule is COCCNCc1ccc(Sc2ccccc2)c(C#N)c1. The monoisotopic (exact) mass is 298 g/mol. The molecule has 0 aliphatic rings. The molecule has 0 bridgehead atoms. The van der Waals surface area contributed by atoms with Crippen LogP contribution >= 0.6 is 11.8 Å². The molecule has 3 nitrogen and oxygen atoms in total. The maximum atomic E-state index is 9.33. The van der Waals surface area contributed by atoms with Crippen LogP contribution in [-0.4, -0.2) is 20.3 Å². The molecule has 1 N–H and O–H groups in total. The summed E-state index contributed by atoms with van der Waals surface area (Å²) in [5.41, 5.74) is 1.83. The van der Waals surface area contributed by atoms with Gasteiger partial charge >= 0.3 is 0 Å². The molecule has 0 radical (unpaired) electrons. The summed E-state index contributed by atoms with van der Waals surface area (Å²) < 4.78 is 4.99.